The maximum absolute atomic E-state index is 12.4. The number of halogens is 3. The summed E-state index contributed by atoms with van der Waals surface area (Å²) in [5, 5.41) is 5.19. The number of hydrogen-bond acceptors (Lipinski definition) is 5. The molecule has 1 aliphatic heterocycles. The fourth-order valence-electron chi connectivity index (χ4n) is 2.95. The molecule has 130 valence electrons. The van der Waals surface area contributed by atoms with Crippen molar-refractivity contribution in [2.24, 2.45) is 0 Å². The topological polar surface area (TPSA) is 67.4 Å². The summed E-state index contributed by atoms with van der Waals surface area (Å²) in [4.78, 5) is 14.7. The number of anilines is 1. The normalized spacial score (nSPS) is 18.8. The Morgan fingerprint density at radius 1 is 1.25 bits per heavy atom. The molecule has 24 heavy (non-hydrogen) atoms. The highest BCUT2D eigenvalue weighted by atomic mass is 19.4. The van der Waals surface area contributed by atoms with Crippen molar-refractivity contribution >= 4 is 22.9 Å². The van der Waals surface area contributed by atoms with Gasteiger partial charge in [-0.25, -0.2) is 4.68 Å². The molecule has 6 nitrogen and oxygen atoms in total. The van der Waals surface area contributed by atoms with Crippen LogP contribution in [0.5, 0.6) is 0 Å². The van der Waals surface area contributed by atoms with Crippen molar-refractivity contribution in [2.45, 2.75) is 12.3 Å². The number of fused-ring (bicyclic) bond motifs is 1. The Balaban J connectivity index is 1.71. The molecule has 0 radical (unpaired) electrons. The molecule has 2 heterocycles. The first-order valence-electron chi connectivity index (χ1n) is 7.58. The zero-order chi connectivity index (χ0) is 17.3. The number of piperazine rings is 1. The van der Waals surface area contributed by atoms with E-state index in [2.05, 4.69) is 5.10 Å². The van der Waals surface area contributed by atoms with Crippen LogP contribution < -0.4 is 5.73 Å². The van der Waals surface area contributed by atoms with Crippen molar-refractivity contribution < 1.29 is 18.0 Å². The van der Waals surface area contributed by atoms with Crippen molar-refractivity contribution in [3.63, 3.8) is 0 Å². The number of carbonyl (C=O) groups is 1. The van der Waals surface area contributed by atoms with Crippen LogP contribution in [0.1, 0.15) is 6.17 Å². The van der Waals surface area contributed by atoms with Gasteiger partial charge in [0.05, 0.1) is 12.1 Å². The number of nitrogens with zero attached hydrogens (tertiary/aromatic N) is 4. The summed E-state index contributed by atoms with van der Waals surface area (Å²) in [5.41, 5.74) is 7.05. The van der Waals surface area contributed by atoms with Gasteiger partial charge >= 0.3 is 6.18 Å². The standard InChI is InChI=1S/C15H18F3N5O/c16-15(17,18)10-21-3-5-22(6-4-21)14(9-24)23-8-11-7-12(19)1-2-13(11)20-23/h1-2,7-9,14H,3-6,10,19H2. The second-order valence-corrected chi connectivity index (χ2v) is 5.90. The first kappa shape index (κ1) is 16.7. The molecule has 1 atom stereocenters. The quantitative estimate of drug-likeness (QED) is 0.674. The van der Waals surface area contributed by atoms with Crippen LogP contribution in [-0.4, -0.2) is 64.8 Å². The largest absolute Gasteiger partial charge is 0.401 e. The lowest BCUT2D eigenvalue weighted by Crippen LogP contribution is -2.51. The Morgan fingerprint density at radius 2 is 1.96 bits per heavy atom. The Morgan fingerprint density at radius 3 is 2.58 bits per heavy atom. The van der Waals surface area contributed by atoms with Crippen LogP contribution in [0.2, 0.25) is 0 Å². The molecule has 1 aromatic heterocycles. The minimum atomic E-state index is -4.20. The first-order valence-corrected chi connectivity index (χ1v) is 7.58. The van der Waals surface area contributed by atoms with E-state index >= 15 is 0 Å². The maximum atomic E-state index is 12.4. The van der Waals surface area contributed by atoms with Gasteiger partial charge in [0, 0.05) is 43.4 Å². The predicted octanol–water partition coefficient (Wildman–Crippen LogP) is 1.50. The number of aromatic nitrogens is 2. The molecule has 0 aliphatic carbocycles. The molecule has 1 unspecified atom stereocenters. The SMILES string of the molecule is Nc1ccc2nn(C(C=O)N3CCN(CC(F)(F)F)CC3)cc2c1. The van der Waals surface area contributed by atoms with E-state index in [9.17, 15) is 18.0 Å². The van der Waals surface area contributed by atoms with Gasteiger partial charge in [-0.3, -0.25) is 14.6 Å². The van der Waals surface area contributed by atoms with Crippen LogP contribution in [0.4, 0.5) is 18.9 Å². The minimum Gasteiger partial charge on any atom is -0.399 e. The summed E-state index contributed by atoms with van der Waals surface area (Å²) in [6.07, 6.45) is -2.35. The molecule has 9 heteroatoms. The Kier molecular flexibility index (Phi) is 4.46. The van der Waals surface area contributed by atoms with Gasteiger partial charge in [-0.15, -0.1) is 0 Å². The van der Waals surface area contributed by atoms with Crippen LogP contribution in [0.25, 0.3) is 10.9 Å². The maximum Gasteiger partial charge on any atom is 0.401 e. The molecule has 0 saturated carbocycles. The minimum absolute atomic E-state index is 0.261. The van der Waals surface area contributed by atoms with E-state index in [1.165, 1.54) is 9.58 Å². The highest BCUT2D eigenvalue weighted by molar-refractivity contribution is 5.81. The van der Waals surface area contributed by atoms with Crippen molar-refractivity contribution in [1.29, 1.82) is 0 Å². The smallest absolute Gasteiger partial charge is 0.399 e. The second kappa shape index (κ2) is 6.40. The van der Waals surface area contributed by atoms with Crippen molar-refractivity contribution in [1.82, 2.24) is 19.6 Å². The number of aldehydes is 1. The van der Waals surface area contributed by atoms with Crippen LogP contribution in [0.15, 0.2) is 24.4 Å². The van der Waals surface area contributed by atoms with Gasteiger partial charge < -0.3 is 5.73 Å². The Labute approximate surface area is 136 Å². The summed E-state index contributed by atoms with van der Waals surface area (Å²) in [5.74, 6) is 0. The van der Waals surface area contributed by atoms with Gasteiger partial charge in [0.25, 0.3) is 0 Å². The average Bonchev–Trinajstić information content (AvgIpc) is 2.91. The summed E-state index contributed by atoms with van der Waals surface area (Å²) in [7, 11) is 0. The number of nitrogen functional groups attached to an aromatic ring is 1. The van der Waals surface area contributed by atoms with Gasteiger partial charge in [0.2, 0.25) is 0 Å². The van der Waals surface area contributed by atoms with Gasteiger partial charge in [-0.2, -0.15) is 18.3 Å². The molecule has 1 saturated heterocycles. The third-order valence-electron chi connectivity index (χ3n) is 4.12. The van der Waals surface area contributed by atoms with E-state index in [0.717, 1.165) is 11.7 Å². The monoisotopic (exact) mass is 341 g/mol. The average molecular weight is 341 g/mol. The summed E-state index contributed by atoms with van der Waals surface area (Å²) >= 11 is 0. The molecular formula is C15H18F3N5O. The Hall–Kier alpha value is -2.13. The molecule has 0 spiro atoms. The van der Waals surface area contributed by atoms with Crippen molar-refractivity contribution in [2.75, 3.05) is 38.5 Å². The Bertz CT molecular complexity index is 721. The van der Waals surface area contributed by atoms with Gasteiger partial charge in [0.1, 0.15) is 0 Å². The molecule has 3 rings (SSSR count). The van der Waals surface area contributed by atoms with Crippen LogP contribution in [0, 0.1) is 0 Å². The molecule has 2 aromatic rings. The van der Waals surface area contributed by atoms with Crippen LogP contribution >= 0.6 is 0 Å². The van der Waals surface area contributed by atoms with Crippen molar-refractivity contribution in [3.8, 4) is 0 Å². The highest BCUT2D eigenvalue weighted by Gasteiger charge is 2.33. The molecule has 1 aromatic carbocycles. The lowest BCUT2D eigenvalue weighted by atomic mass is 10.2. The van der Waals surface area contributed by atoms with E-state index in [4.69, 9.17) is 5.73 Å². The molecular weight excluding hydrogens is 323 g/mol. The van der Waals surface area contributed by atoms with Crippen molar-refractivity contribution in [3.05, 3.63) is 24.4 Å². The van der Waals surface area contributed by atoms with Gasteiger partial charge in [0.15, 0.2) is 12.5 Å². The lowest BCUT2D eigenvalue weighted by Gasteiger charge is -2.37. The summed E-state index contributed by atoms with van der Waals surface area (Å²) in [6, 6.07) is 5.26. The zero-order valence-corrected chi connectivity index (χ0v) is 12.9. The number of rotatable bonds is 4. The number of carbonyl (C=O) groups excluding carboxylic acids is 1. The van der Waals surface area contributed by atoms with Gasteiger partial charge in [-0.05, 0) is 18.2 Å². The van der Waals surface area contributed by atoms with E-state index < -0.39 is 18.9 Å². The first-order chi connectivity index (χ1) is 11.4. The van der Waals surface area contributed by atoms with Gasteiger partial charge in [-0.1, -0.05) is 0 Å². The fraction of sp³-hybridized carbons (Fsp3) is 0.467. The lowest BCUT2D eigenvalue weighted by molar-refractivity contribution is -0.151. The fourth-order valence-corrected chi connectivity index (χ4v) is 2.95. The van der Waals surface area contributed by atoms with Crippen LogP contribution in [-0.2, 0) is 4.79 Å². The molecule has 2 N–H and O–H groups in total. The molecule has 1 fully saturated rings. The number of benzene rings is 1. The third kappa shape index (κ3) is 3.68. The molecule has 0 bridgehead atoms. The molecule has 1 aliphatic rings. The second-order valence-electron chi connectivity index (χ2n) is 5.90. The number of hydrogen-bond donors (Lipinski definition) is 1. The molecule has 0 amide bonds. The van der Waals surface area contributed by atoms with E-state index in [-0.39, 0.29) is 13.1 Å². The third-order valence-corrected chi connectivity index (χ3v) is 4.12. The zero-order valence-electron chi connectivity index (χ0n) is 12.9. The number of alkyl halides is 3. The van der Waals surface area contributed by atoms with E-state index in [1.54, 1.807) is 24.4 Å². The van der Waals surface area contributed by atoms with E-state index in [0.29, 0.717) is 24.3 Å². The summed E-state index contributed by atoms with van der Waals surface area (Å²) in [6.45, 7) is 0.350. The predicted molar refractivity (Wildman–Crippen MR) is 83.3 cm³/mol. The van der Waals surface area contributed by atoms with E-state index in [1.807, 2.05) is 4.90 Å². The van der Waals surface area contributed by atoms with Crippen LogP contribution in [0.3, 0.4) is 0 Å². The number of nitrogens with two attached hydrogens (primary N) is 1. The summed E-state index contributed by atoms with van der Waals surface area (Å²) < 4.78 is 38.9. The highest BCUT2D eigenvalue weighted by Crippen LogP contribution is 2.22.